The Labute approximate surface area is 205 Å². The van der Waals surface area contributed by atoms with E-state index in [1.807, 2.05) is 0 Å². The minimum atomic E-state index is -1.33. The number of hydrogen-bond acceptors (Lipinski definition) is 8. The van der Waals surface area contributed by atoms with Gasteiger partial charge in [-0.25, -0.2) is 0 Å². The molecule has 0 saturated heterocycles. The van der Waals surface area contributed by atoms with Gasteiger partial charge in [-0.2, -0.15) is 0 Å². The van der Waals surface area contributed by atoms with Crippen LogP contribution in [0.25, 0.3) is 21.5 Å². The van der Waals surface area contributed by atoms with Gasteiger partial charge in [-0.15, -0.1) is 0 Å². The molecule has 0 N–H and O–H groups in total. The normalized spacial score (nSPS) is 9.94. The van der Waals surface area contributed by atoms with E-state index in [0.29, 0.717) is 21.5 Å². The predicted molar refractivity (Wildman–Crippen MR) is 105 cm³/mol. The Morgan fingerprint density at radius 2 is 0.576 bits per heavy atom. The second-order valence-corrected chi connectivity index (χ2v) is 6.56. The molecule has 0 unspecified atom stereocenters. The molecule has 0 aliphatic heterocycles. The molecule has 0 heterocycles. The van der Waals surface area contributed by atoms with Crippen LogP contribution in [0, 0.1) is 0 Å². The summed E-state index contributed by atoms with van der Waals surface area (Å²) in [4.78, 5) is 43.3. The van der Waals surface area contributed by atoms with E-state index >= 15 is 0 Å². The van der Waals surface area contributed by atoms with Crippen molar-refractivity contribution in [3.63, 3.8) is 0 Å². The van der Waals surface area contributed by atoms with Crippen molar-refractivity contribution in [2.24, 2.45) is 0 Å². The quantitative estimate of drug-likeness (QED) is 0.336. The summed E-state index contributed by atoms with van der Waals surface area (Å²) in [6.45, 7) is 0. The molecule has 33 heavy (non-hydrogen) atoms. The van der Waals surface area contributed by atoms with Gasteiger partial charge in [0.05, 0.1) is 23.9 Å². The van der Waals surface area contributed by atoms with Gasteiger partial charge in [0.2, 0.25) is 0 Å². The fraction of sp³-hybridized carbons (Fsp3) is 0. The van der Waals surface area contributed by atoms with Crippen LogP contribution in [0.4, 0.5) is 0 Å². The first-order valence-electron chi connectivity index (χ1n) is 9.11. The molecule has 0 aromatic heterocycles. The minimum absolute atomic E-state index is 0. The number of carbonyl (C=O) groups is 4. The number of aromatic carboxylic acids is 4. The Hall–Kier alpha value is -3.84. The Kier molecular flexibility index (Phi) is 8.21. The molecule has 0 radical (unpaired) electrons. The summed E-state index contributed by atoms with van der Waals surface area (Å²) in [5, 5.41) is 44.6. The average molecular weight is 520 g/mol. The maximum atomic E-state index is 10.8. The zero-order valence-corrected chi connectivity index (χ0v) is 19.2. The van der Waals surface area contributed by atoms with Crippen LogP contribution < -0.4 is 20.4 Å². The molecule has 0 atom stereocenters. The smallest absolute Gasteiger partial charge is 0.545 e. The molecule has 4 aromatic rings. The average Bonchev–Trinajstić information content (AvgIpc) is 2.77. The van der Waals surface area contributed by atoms with Crippen LogP contribution in [0.3, 0.4) is 0 Å². The molecule has 0 aliphatic carbocycles. The Morgan fingerprint density at radius 3 is 0.727 bits per heavy atom. The Bertz CT molecular complexity index is 1180. The molecule has 9 heteroatoms. The van der Waals surface area contributed by atoms with E-state index in [1.54, 1.807) is 0 Å². The molecule has 8 nitrogen and oxygen atoms in total. The summed E-state index contributed by atoms with van der Waals surface area (Å²) < 4.78 is 0. The summed E-state index contributed by atoms with van der Waals surface area (Å²) >= 11 is 0. The van der Waals surface area contributed by atoms with Crippen LogP contribution in [0.1, 0.15) is 41.4 Å². The number of rotatable bonds is 4. The van der Waals surface area contributed by atoms with Crippen LogP contribution in [0.15, 0.2) is 72.8 Å². The van der Waals surface area contributed by atoms with Crippen LogP contribution in [0.2, 0.25) is 0 Å². The molecule has 0 bridgehead atoms. The van der Waals surface area contributed by atoms with E-state index in [0.717, 1.165) is 0 Å². The van der Waals surface area contributed by atoms with E-state index in [2.05, 4.69) is 0 Å². The number of carboxylic acid groups (broad SMARTS) is 4. The predicted octanol–water partition coefficient (Wildman–Crippen LogP) is -0.869. The fourth-order valence-corrected chi connectivity index (χ4v) is 3.33. The van der Waals surface area contributed by atoms with Crippen molar-refractivity contribution in [1.29, 1.82) is 0 Å². The largest absolute Gasteiger partial charge is 4.00 e. The van der Waals surface area contributed by atoms with Crippen LogP contribution in [-0.4, -0.2) is 23.9 Å². The zero-order valence-electron chi connectivity index (χ0n) is 16.7. The third-order valence-electron chi connectivity index (χ3n) is 4.72. The molecule has 0 amide bonds. The van der Waals surface area contributed by atoms with Gasteiger partial charge in [-0.05, 0) is 21.5 Å². The van der Waals surface area contributed by atoms with Gasteiger partial charge in [0.15, 0.2) is 0 Å². The van der Waals surface area contributed by atoms with Crippen LogP contribution in [-0.2, 0) is 26.2 Å². The molecule has 0 spiro atoms. The molecule has 160 valence electrons. The third kappa shape index (κ3) is 5.33. The van der Waals surface area contributed by atoms with Crippen LogP contribution in [0.5, 0.6) is 0 Å². The summed E-state index contributed by atoms with van der Waals surface area (Å²) in [5.41, 5.74) is -0.109. The molecule has 0 aliphatic rings. The van der Waals surface area contributed by atoms with E-state index in [4.69, 9.17) is 0 Å². The minimum Gasteiger partial charge on any atom is -0.545 e. The van der Waals surface area contributed by atoms with Gasteiger partial charge >= 0.3 is 26.2 Å². The second-order valence-electron chi connectivity index (χ2n) is 6.56. The second kappa shape index (κ2) is 10.7. The molecule has 0 fully saturated rings. The van der Waals surface area contributed by atoms with Crippen molar-refractivity contribution in [2.75, 3.05) is 0 Å². The van der Waals surface area contributed by atoms with Crippen molar-refractivity contribution in [3.05, 3.63) is 95.1 Å². The fourth-order valence-electron chi connectivity index (χ4n) is 3.33. The number of fused-ring (bicyclic) bond motifs is 2. The van der Waals surface area contributed by atoms with E-state index in [1.165, 1.54) is 72.8 Å². The van der Waals surface area contributed by atoms with Gasteiger partial charge in [0.1, 0.15) is 0 Å². The molecule has 4 rings (SSSR count). The van der Waals surface area contributed by atoms with Crippen molar-refractivity contribution in [3.8, 4) is 0 Å². The SMILES string of the molecule is O=C([O-])c1cccc2c(C(=O)[O-])cccc12.O=C([O-])c1cccc2c(C(=O)[O-])cccc12.[Zr+4]. The van der Waals surface area contributed by atoms with Crippen molar-refractivity contribution < 1.29 is 65.8 Å². The molecular formula is C24H12O8Zr. The van der Waals surface area contributed by atoms with Gasteiger partial charge in [-0.3, -0.25) is 0 Å². The van der Waals surface area contributed by atoms with Crippen molar-refractivity contribution in [1.82, 2.24) is 0 Å². The van der Waals surface area contributed by atoms with Gasteiger partial charge in [-0.1, -0.05) is 72.8 Å². The number of carbonyl (C=O) groups excluding carboxylic acids is 4. The summed E-state index contributed by atoms with van der Waals surface area (Å²) in [7, 11) is 0. The molecule has 4 aromatic carbocycles. The number of benzene rings is 4. The standard InChI is InChI=1S/2C12H8O4.Zr/c2*13-11(14)9-5-1-3-7-8(9)4-2-6-10(7)12(15)16;/h2*1-6H,(H,13,14)(H,15,16);/q;;+4/p-4. The van der Waals surface area contributed by atoms with Crippen molar-refractivity contribution in [2.45, 2.75) is 0 Å². The number of carboxylic acids is 4. The first-order valence-corrected chi connectivity index (χ1v) is 9.11. The summed E-state index contributed by atoms with van der Waals surface area (Å²) in [6.07, 6.45) is 0. The van der Waals surface area contributed by atoms with Gasteiger partial charge in [0, 0.05) is 22.3 Å². The summed E-state index contributed by atoms with van der Waals surface area (Å²) in [6, 6.07) is 17.5. The van der Waals surface area contributed by atoms with Crippen LogP contribution >= 0.6 is 0 Å². The number of hydrogen-bond donors (Lipinski definition) is 0. The monoisotopic (exact) mass is 518 g/mol. The van der Waals surface area contributed by atoms with Gasteiger partial charge in [0.25, 0.3) is 0 Å². The zero-order chi connectivity index (χ0) is 23.4. The Balaban J connectivity index is 0.000000227. The first-order chi connectivity index (χ1) is 15.2. The van der Waals surface area contributed by atoms with Gasteiger partial charge < -0.3 is 39.6 Å². The Morgan fingerprint density at radius 1 is 0.394 bits per heavy atom. The summed E-state index contributed by atoms with van der Waals surface area (Å²) in [5.74, 6) is -5.33. The van der Waals surface area contributed by atoms with E-state index < -0.39 is 23.9 Å². The maximum Gasteiger partial charge on any atom is 4.00 e. The molecular weight excluding hydrogens is 507 g/mol. The maximum absolute atomic E-state index is 10.8. The molecule has 0 saturated carbocycles. The topological polar surface area (TPSA) is 161 Å². The van der Waals surface area contributed by atoms with E-state index in [9.17, 15) is 39.6 Å². The third-order valence-corrected chi connectivity index (χ3v) is 4.72. The van der Waals surface area contributed by atoms with E-state index in [-0.39, 0.29) is 48.5 Å². The van der Waals surface area contributed by atoms with Crippen molar-refractivity contribution >= 4 is 45.4 Å². The first kappa shape index (κ1) is 25.4.